The van der Waals surface area contributed by atoms with Crippen molar-refractivity contribution < 1.29 is 4.92 Å². The quantitative estimate of drug-likeness (QED) is 0.568. The molecule has 0 radical (unpaired) electrons. The van der Waals surface area contributed by atoms with Gasteiger partial charge in [-0.15, -0.1) is 0 Å². The van der Waals surface area contributed by atoms with Crippen LogP contribution in [0.5, 0.6) is 0 Å². The molecule has 6 nitrogen and oxygen atoms in total. The van der Waals surface area contributed by atoms with Gasteiger partial charge in [-0.3, -0.25) is 10.1 Å². The third-order valence-corrected chi connectivity index (χ3v) is 2.21. The SMILES string of the molecule is Cc1nn(C)nc1-c1cccc([N+](=O)[O-])c1. The van der Waals surface area contributed by atoms with Crippen LogP contribution in [0.3, 0.4) is 0 Å². The first-order chi connectivity index (χ1) is 7.58. The molecule has 0 aliphatic heterocycles. The zero-order valence-electron chi connectivity index (χ0n) is 8.91. The highest BCUT2D eigenvalue weighted by atomic mass is 16.6. The lowest BCUT2D eigenvalue weighted by Crippen LogP contribution is -1.92. The molecule has 0 saturated heterocycles. The van der Waals surface area contributed by atoms with Gasteiger partial charge in [-0.25, -0.2) is 0 Å². The van der Waals surface area contributed by atoms with Crippen molar-refractivity contribution in [2.24, 2.45) is 7.05 Å². The van der Waals surface area contributed by atoms with Crippen LogP contribution in [-0.2, 0) is 7.05 Å². The van der Waals surface area contributed by atoms with Crippen molar-refractivity contribution in [3.05, 3.63) is 40.1 Å². The van der Waals surface area contributed by atoms with E-state index in [1.807, 2.05) is 6.92 Å². The van der Waals surface area contributed by atoms with Crippen LogP contribution in [0.4, 0.5) is 5.69 Å². The van der Waals surface area contributed by atoms with Crippen molar-refractivity contribution in [3.63, 3.8) is 0 Å². The second-order valence-electron chi connectivity index (χ2n) is 3.43. The highest BCUT2D eigenvalue weighted by Gasteiger charge is 2.11. The van der Waals surface area contributed by atoms with Crippen LogP contribution in [0.2, 0.25) is 0 Å². The summed E-state index contributed by atoms with van der Waals surface area (Å²) in [7, 11) is 1.72. The Bertz CT molecular complexity index is 548. The second-order valence-corrected chi connectivity index (χ2v) is 3.43. The molecular weight excluding hydrogens is 208 g/mol. The van der Waals surface area contributed by atoms with Crippen LogP contribution in [0.15, 0.2) is 24.3 Å². The molecule has 0 aliphatic rings. The van der Waals surface area contributed by atoms with Gasteiger partial charge in [0.25, 0.3) is 5.69 Å². The van der Waals surface area contributed by atoms with Gasteiger partial charge in [0.1, 0.15) is 5.69 Å². The number of benzene rings is 1. The summed E-state index contributed by atoms with van der Waals surface area (Å²) < 4.78 is 0. The van der Waals surface area contributed by atoms with E-state index in [9.17, 15) is 10.1 Å². The van der Waals surface area contributed by atoms with Crippen molar-refractivity contribution in [1.82, 2.24) is 15.0 Å². The van der Waals surface area contributed by atoms with Crippen LogP contribution in [0.1, 0.15) is 5.69 Å². The van der Waals surface area contributed by atoms with Crippen LogP contribution in [0, 0.1) is 17.0 Å². The Kier molecular flexibility index (Phi) is 2.40. The van der Waals surface area contributed by atoms with E-state index in [1.165, 1.54) is 16.9 Å². The maximum Gasteiger partial charge on any atom is 0.270 e. The summed E-state index contributed by atoms with van der Waals surface area (Å²) in [4.78, 5) is 11.7. The number of aromatic nitrogens is 3. The Morgan fingerprint density at radius 1 is 1.38 bits per heavy atom. The number of hydrogen-bond acceptors (Lipinski definition) is 4. The molecule has 6 heteroatoms. The van der Waals surface area contributed by atoms with Gasteiger partial charge in [0, 0.05) is 24.7 Å². The van der Waals surface area contributed by atoms with E-state index in [0.29, 0.717) is 11.3 Å². The molecule has 1 aromatic carbocycles. The first kappa shape index (κ1) is 10.3. The fourth-order valence-electron chi connectivity index (χ4n) is 1.54. The molecule has 2 rings (SSSR count). The highest BCUT2D eigenvalue weighted by Crippen LogP contribution is 2.23. The summed E-state index contributed by atoms with van der Waals surface area (Å²) >= 11 is 0. The minimum Gasteiger partial charge on any atom is -0.258 e. The molecule has 82 valence electrons. The van der Waals surface area contributed by atoms with Gasteiger partial charge in [-0.05, 0) is 6.92 Å². The van der Waals surface area contributed by atoms with Gasteiger partial charge >= 0.3 is 0 Å². The van der Waals surface area contributed by atoms with E-state index < -0.39 is 4.92 Å². The molecule has 0 N–H and O–H groups in total. The number of non-ortho nitro benzene ring substituents is 1. The number of nitro benzene ring substituents is 1. The molecule has 0 aliphatic carbocycles. The molecule has 1 heterocycles. The predicted molar refractivity (Wildman–Crippen MR) is 57.8 cm³/mol. The Hall–Kier alpha value is -2.24. The zero-order valence-corrected chi connectivity index (χ0v) is 8.91. The third-order valence-electron chi connectivity index (χ3n) is 2.21. The molecular formula is C10H10N4O2. The molecule has 0 bridgehead atoms. The van der Waals surface area contributed by atoms with E-state index >= 15 is 0 Å². The van der Waals surface area contributed by atoms with Crippen LogP contribution in [-0.4, -0.2) is 19.9 Å². The summed E-state index contributed by atoms with van der Waals surface area (Å²) in [5.41, 5.74) is 2.19. The van der Waals surface area contributed by atoms with E-state index in [0.717, 1.165) is 5.69 Å². The summed E-state index contributed by atoms with van der Waals surface area (Å²) in [5.74, 6) is 0. The van der Waals surface area contributed by atoms with Crippen molar-refractivity contribution in [2.75, 3.05) is 0 Å². The number of nitro groups is 1. The number of nitrogens with zero attached hydrogens (tertiary/aromatic N) is 4. The number of hydrogen-bond donors (Lipinski definition) is 0. The molecule has 0 amide bonds. The Labute approximate surface area is 91.7 Å². The summed E-state index contributed by atoms with van der Waals surface area (Å²) in [6.07, 6.45) is 0. The third kappa shape index (κ3) is 1.77. The van der Waals surface area contributed by atoms with Crippen LogP contribution >= 0.6 is 0 Å². The van der Waals surface area contributed by atoms with Crippen molar-refractivity contribution in [1.29, 1.82) is 0 Å². The smallest absolute Gasteiger partial charge is 0.258 e. The highest BCUT2D eigenvalue weighted by molar-refractivity contribution is 5.63. The van der Waals surface area contributed by atoms with Gasteiger partial charge in [0.05, 0.1) is 10.6 Å². The first-order valence-electron chi connectivity index (χ1n) is 4.70. The maximum absolute atomic E-state index is 10.6. The van der Waals surface area contributed by atoms with Gasteiger partial charge < -0.3 is 0 Å². The lowest BCUT2D eigenvalue weighted by atomic mass is 10.1. The van der Waals surface area contributed by atoms with Gasteiger partial charge in [0.2, 0.25) is 0 Å². The Morgan fingerprint density at radius 2 is 2.12 bits per heavy atom. The fourth-order valence-corrected chi connectivity index (χ4v) is 1.54. The molecule has 0 unspecified atom stereocenters. The minimum atomic E-state index is -0.421. The average molecular weight is 218 g/mol. The van der Waals surface area contributed by atoms with Gasteiger partial charge in [-0.2, -0.15) is 15.0 Å². The van der Waals surface area contributed by atoms with Crippen LogP contribution in [0.25, 0.3) is 11.3 Å². The van der Waals surface area contributed by atoms with E-state index in [4.69, 9.17) is 0 Å². The minimum absolute atomic E-state index is 0.0579. The molecule has 0 atom stereocenters. The van der Waals surface area contributed by atoms with E-state index in [2.05, 4.69) is 10.2 Å². The fraction of sp³-hybridized carbons (Fsp3) is 0.200. The topological polar surface area (TPSA) is 73.8 Å². The molecule has 16 heavy (non-hydrogen) atoms. The van der Waals surface area contributed by atoms with Gasteiger partial charge in [0.15, 0.2) is 0 Å². The van der Waals surface area contributed by atoms with Crippen molar-refractivity contribution >= 4 is 5.69 Å². The molecule has 1 aromatic heterocycles. The largest absolute Gasteiger partial charge is 0.270 e. The lowest BCUT2D eigenvalue weighted by molar-refractivity contribution is -0.384. The van der Waals surface area contributed by atoms with E-state index in [-0.39, 0.29) is 5.69 Å². The summed E-state index contributed by atoms with van der Waals surface area (Å²) in [6.45, 7) is 1.82. The summed E-state index contributed by atoms with van der Waals surface area (Å²) in [6, 6.07) is 6.37. The Morgan fingerprint density at radius 3 is 2.69 bits per heavy atom. The molecule has 0 saturated carbocycles. The standard InChI is InChI=1S/C10H10N4O2/c1-7-10(12-13(2)11-7)8-4-3-5-9(6-8)14(15)16/h3-6H,1-2H3. The summed E-state index contributed by atoms with van der Waals surface area (Å²) in [5, 5.41) is 18.9. The van der Waals surface area contributed by atoms with Crippen LogP contribution < -0.4 is 0 Å². The van der Waals surface area contributed by atoms with Crippen molar-refractivity contribution in [3.8, 4) is 11.3 Å². The lowest BCUT2D eigenvalue weighted by Gasteiger charge is -1.97. The number of rotatable bonds is 2. The molecule has 0 spiro atoms. The normalized spacial score (nSPS) is 10.4. The first-order valence-corrected chi connectivity index (χ1v) is 4.70. The Balaban J connectivity index is 2.52. The molecule has 0 fully saturated rings. The van der Waals surface area contributed by atoms with Gasteiger partial charge in [-0.1, -0.05) is 12.1 Å². The zero-order chi connectivity index (χ0) is 11.7. The van der Waals surface area contributed by atoms with E-state index in [1.54, 1.807) is 19.2 Å². The maximum atomic E-state index is 10.6. The monoisotopic (exact) mass is 218 g/mol. The number of aryl methyl sites for hydroxylation is 2. The molecule has 2 aromatic rings. The van der Waals surface area contributed by atoms with Crippen molar-refractivity contribution in [2.45, 2.75) is 6.92 Å². The predicted octanol–water partition coefficient (Wildman–Crippen LogP) is 1.70. The second kappa shape index (κ2) is 3.73. The average Bonchev–Trinajstić information content (AvgIpc) is 2.58.